The van der Waals surface area contributed by atoms with E-state index in [2.05, 4.69) is 10.1 Å². The van der Waals surface area contributed by atoms with Gasteiger partial charge in [0, 0.05) is 18.7 Å². The quantitative estimate of drug-likeness (QED) is 0.589. The summed E-state index contributed by atoms with van der Waals surface area (Å²) in [5, 5.41) is 5.97. The smallest absolute Gasteiger partial charge is 0.243 e. The van der Waals surface area contributed by atoms with Gasteiger partial charge in [-0.05, 0) is 43.3 Å². The normalized spacial score (nSPS) is 18.2. The predicted octanol–water partition coefficient (Wildman–Crippen LogP) is 3.57. The van der Waals surface area contributed by atoms with Crippen LogP contribution in [0.15, 0.2) is 51.2 Å². The molecule has 0 unspecified atom stereocenters. The van der Waals surface area contributed by atoms with Crippen LogP contribution in [0.3, 0.4) is 0 Å². The summed E-state index contributed by atoms with van der Waals surface area (Å²) in [7, 11) is -3.65. The lowest BCUT2D eigenvalue weighted by atomic mass is 10.00. The molecule has 2 aromatic heterocycles. The highest BCUT2D eigenvalue weighted by atomic mass is 32.2. The molecule has 4 rings (SSSR count). The maximum atomic E-state index is 13.0. The summed E-state index contributed by atoms with van der Waals surface area (Å²) < 4.78 is 32.9. The van der Waals surface area contributed by atoms with Crippen molar-refractivity contribution < 1.29 is 17.7 Å². The number of carbonyl (C=O) groups excluding carboxylic acids is 1. The van der Waals surface area contributed by atoms with E-state index in [-0.39, 0.29) is 16.6 Å². The summed E-state index contributed by atoms with van der Waals surface area (Å²) >= 11 is 1.53. The molecule has 0 aliphatic carbocycles. The topological polar surface area (TPSA) is 93.4 Å². The molecular formula is C19H19N3O4S2. The number of rotatable bonds is 5. The monoisotopic (exact) mass is 417 g/mol. The number of thiophene rings is 1. The summed E-state index contributed by atoms with van der Waals surface area (Å²) in [5.74, 6) is 0.765. The van der Waals surface area contributed by atoms with Crippen molar-refractivity contribution in [3.8, 4) is 10.7 Å². The first kappa shape index (κ1) is 19.0. The Labute approximate surface area is 167 Å². The van der Waals surface area contributed by atoms with Crippen LogP contribution in [-0.2, 0) is 10.0 Å². The van der Waals surface area contributed by atoms with Gasteiger partial charge >= 0.3 is 0 Å². The molecule has 1 saturated heterocycles. The molecule has 1 fully saturated rings. The first-order valence-electron chi connectivity index (χ1n) is 8.94. The molecule has 1 aliphatic rings. The summed E-state index contributed by atoms with van der Waals surface area (Å²) in [5.41, 5.74) is 0.488. The van der Waals surface area contributed by atoms with Gasteiger partial charge in [0.05, 0.1) is 15.7 Å². The van der Waals surface area contributed by atoms with Gasteiger partial charge in [-0.1, -0.05) is 23.4 Å². The Hall–Kier alpha value is -2.36. The Morgan fingerprint density at radius 2 is 2.04 bits per heavy atom. The van der Waals surface area contributed by atoms with E-state index in [1.807, 2.05) is 17.5 Å². The Morgan fingerprint density at radius 1 is 1.25 bits per heavy atom. The number of hydrogen-bond donors (Lipinski definition) is 0. The average Bonchev–Trinajstić information content (AvgIpc) is 3.40. The van der Waals surface area contributed by atoms with E-state index in [1.165, 1.54) is 34.7 Å². The van der Waals surface area contributed by atoms with Crippen molar-refractivity contribution >= 4 is 27.1 Å². The van der Waals surface area contributed by atoms with Crippen LogP contribution >= 0.6 is 11.3 Å². The maximum absolute atomic E-state index is 13.0. The van der Waals surface area contributed by atoms with Crippen LogP contribution < -0.4 is 0 Å². The molecule has 1 atom stereocenters. The van der Waals surface area contributed by atoms with Crippen LogP contribution in [0.1, 0.15) is 41.9 Å². The Bertz CT molecular complexity index is 1070. The van der Waals surface area contributed by atoms with E-state index in [9.17, 15) is 13.2 Å². The highest BCUT2D eigenvalue weighted by molar-refractivity contribution is 7.89. The zero-order chi connectivity index (χ0) is 19.7. The minimum Gasteiger partial charge on any atom is -0.339 e. The van der Waals surface area contributed by atoms with Gasteiger partial charge in [0.1, 0.15) is 0 Å². The van der Waals surface area contributed by atoms with Crippen LogP contribution in [0.5, 0.6) is 0 Å². The van der Waals surface area contributed by atoms with Crippen molar-refractivity contribution in [2.45, 2.75) is 30.6 Å². The van der Waals surface area contributed by atoms with Gasteiger partial charge in [-0.25, -0.2) is 8.42 Å². The van der Waals surface area contributed by atoms with Gasteiger partial charge in [0.15, 0.2) is 5.78 Å². The lowest BCUT2D eigenvalue weighted by Gasteiger charge is -2.30. The SMILES string of the molecule is CC(=O)c1ccc(S(=O)(=O)N2CCC[C@@H](c3nc(-c4cccs4)no3)C2)cc1. The minimum atomic E-state index is -3.65. The lowest BCUT2D eigenvalue weighted by Crippen LogP contribution is -2.39. The van der Waals surface area contributed by atoms with Gasteiger partial charge in [0.25, 0.3) is 0 Å². The van der Waals surface area contributed by atoms with Crippen molar-refractivity contribution in [2.24, 2.45) is 0 Å². The Morgan fingerprint density at radius 3 is 2.71 bits per heavy atom. The number of Topliss-reactive ketones (excluding diaryl/α,β-unsaturated/α-hetero) is 1. The fourth-order valence-electron chi connectivity index (χ4n) is 3.28. The molecule has 0 spiro atoms. The number of sulfonamides is 1. The standard InChI is InChI=1S/C19H19N3O4S2/c1-13(23)14-6-8-16(9-7-14)28(24,25)22-10-2-4-15(12-22)19-20-18(21-26-19)17-5-3-11-27-17/h3,5-9,11,15H,2,4,10,12H2,1H3/t15-/m1/s1. The van der Waals surface area contributed by atoms with E-state index >= 15 is 0 Å². The van der Waals surface area contributed by atoms with E-state index in [4.69, 9.17) is 4.52 Å². The van der Waals surface area contributed by atoms with Gasteiger partial charge < -0.3 is 4.52 Å². The van der Waals surface area contributed by atoms with Crippen LogP contribution in [-0.4, -0.2) is 41.7 Å². The van der Waals surface area contributed by atoms with E-state index in [1.54, 1.807) is 12.1 Å². The Balaban J connectivity index is 1.54. The van der Waals surface area contributed by atoms with Crippen LogP contribution in [0.25, 0.3) is 10.7 Å². The predicted molar refractivity (Wildman–Crippen MR) is 105 cm³/mol. The van der Waals surface area contributed by atoms with Gasteiger partial charge in [-0.3, -0.25) is 4.79 Å². The minimum absolute atomic E-state index is 0.0973. The third-order valence-electron chi connectivity index (χ3n) is 4.82. The van der Waals surface area contributed by atoms with Gasteiger partial charge in [-0.15, -0.1) is 11.3 Å². The fourth-order valence-corrected chi connectivity index (χ4v) is 5.45. The Kier molecular flexibility index (Phi) is 5.13. The number of nitrogens with zero attached hydrogens (tertiary/aromatic N) is 3. The first-order valence-corrected chi connectivity index (χ1v) is 11.3. The average molecular weight is 418 g/mol. The maximum Gasteiger partial charge on any atom is 0.243 e. The third kappa shape index (κ3) is 3.65. The zero-order valence-electron chi connectivity index (χ0n) is 15.2. The van der Waals surface area contributed by atoms with Crippen molar-refractivity contribution in [2.75, 3.05) is 13.1 Å². The number of aromatic nitrogens is 2. The van der Waals surface area contributed by atoms with Crippen molar-refractivity contribution in [3.05, 3.63) is 53.2 Å². The molecule has 1 aliphatic heterocycles. The molecule has 7 nitrogen and oxygen atoms in total. The molecule has 1 aromatic carbocycles. The zero-order valence-corrected chi connectivity index (χ0v) is 16.9. The molecule has 28 heavy (non-hydrogen) atoms. The summed E-state index contributed by atoms with van der Waals surface area (Å²) in [6.45, 7) is 2.19. The summed E-state index contributed by atoms with van der Waals surface area (Å²) in [6.07, 6.45) is 1.51. The second-order valence-electron chi connectivity index (χ2n) is 6.72. The molecule has 0 radical (unpaired) electrons. The molecule has 0 amide bonds. The van der Waals surface area contributed by atoms with Gasteiger partial charge in [0.2, 0.25) is 21.7 Å². The van der Waals surface area contributed by atoms with Gasteiger partial charge in [-0.2, -0.15) is 9.29 Å². The molecule has 3 heterocycles. The molecule has 0 N–H and O–H groups in total. The number of hydrogen-bond acceptors (Lipinski definition) is 7. The highest BCUT2D eigenvalue weighted by Gasteiger charge is 2.33. The second kappa shape index (κ2) is 7.57. The molecule has 0 saturated carbocycles. The van der Waals surface area contributed by atoms with E-state index < -0.39 is 10.0 Å². The summed E-state index contributed by atoms with van der Waals surface area (Å²) in [4.78, 5) is 17.0. The number of benzene rings is 1. The van der Waals surface area contributed by atoms with E-state index in [0.717, 1.165) is 11.3 Å². The third-order valence-corrected chi connectivity index (χ3v) is 7.56. The molecule has 9 heteroatoms. The molecular weight excluding hydrogens is 398 g/mol. The fraction of sp³-hybridized carbons (Fsp3) is 0.316. The lowest BCUT2D eigenvalue weighted by molar-refractivity contribution is 0.101. The van der Waals surface area contributed by atoms with Crippen LogP contribution in [0, 0.1) is 0 Å². The van der Waals surface area contributed by atoms with Crippen LogP contribution in [0.4, 0.5) is 0 Å². The van der Waals surface area contributed by atoms with Crippen molar-refractivity contribution in [1.29, 1.82) is 0 Å². The van der Waals surface area contributed by atoms with Crippen molar-refractivity contribution in [3.63, 3.8) is 0 Å². The number of piperidine rings is 1. The van der Waals surface area contributed by atoms with Crippen LogP contribution in [0.2, 0.25) is 0 Å². The molecule has 146 valence electrons. The molecule has 0 bridgehead atoms. The largest absolute Gasteiger partial charge is 0.339 e. The number of carbonyl (C=O) groups is 1. The second-order valence-corrected chi connectivity index (χ2v) is 9.60. The number of ketones is 1. The van der Waals surface area contributed by atoms with Crippen molar-refractivity contribution in [1.82, 2.24) is 14.4 Å². The summed E-state index contributed by atoms with van der Waals surface area (Å²) in [6, 6.07) is 9.89. The highest BCUT2D eigenvalue weighted by Crippen LogP contribution is 2.31. The van der Waals surface area contributed by atoms with E-state index in [0.29, 0.717) is 36.8 Å². The molecule has 3 aromatic rings. The first-order chi connectivity index (χ1) is 13.4.